The molecule has 4 nitrogen and oxygen atoms in total. The summed E-state index contributed by atoms with van der Waals surface area (Å²) in [6.07, 6.45) is 8.36. The van der Waals surface area contributed by atoms with Gasteiger partial charge in [0.2, 0.25) is 0 Å². The summed E-state index contributed by atoms with van der Waals surface area (Å²) in [7, 11) is -3.75. The van der Waals surface area contributed by atoms with Crippen molar-refractivity contribution in [2.24, 2.45) is 0 Å². The third-order valence-electron chi connectivity index (χ3n) is 2.44. The van der Waals surface area contributed by atoms with Gasteiger partial charge in [-0.05, 0) is 6.42 Å². The van der Waals surface area contributed by atoms with Crippen LogP contribution in [0, 0.1) is 0 Å². The predicted molar refractivity (Wildman–Crippen MR) is 69.0 cm³/mol. The van der Waals surface area contributed by atoms with Crippen LogP contribution in [0.5, 0.6) is 0 Å². The lowest BCUT2D eigenvalue weighted by Gasteiger charge is -2.10. The van der Waals surface area contributed by atoms with E-state index in [1.54, 1.807) is 0 Å². The first-order valence-corrected chi connectivity index (χ1v) is 7.96. The predicted octanol–water partition coefficient (Wildman–Crippen LogP) is 3.65. The second kappa shape index (κ2) is 9.43. The van der Waals surface area contributed by atoms with Crippen molar-refractivity contribution in [3.05, 3.63) is 12.7 Å². The number of carbonyl (C=O) groups excluding carboxylic acids is 1. The van der Waals surface area contributed by atoms with Crippen LogP contribution >= 0.6 is 7.60 Å². The van der Waals surface area contributed by atoms with Crippen LogP contribution in [0.2, 0.25) is 0 Å². The second-order valence-corrected chi connectivity index (χ2v) is 6.00. The minimum absolute atomic E-state index is 0.0420. The van der Waals surface area contributed by atoms with Crippen LogP contribution in [0.4, 0.5) is 0 Å². The summed E-state index contributed by atoms with van der Waals surface area (Å²) in [5.74, 6) is -0.834. The van der Waals surface area contributed by atoms with Gasteiger partial charge in [0.25, 0.3) is 0 Å². The molecule has 0 fully saturated rings. The van der Waals surface area contributed by atoms with E-state index in [0.29, 0.717) is 6.42 Å². The molecular weight excluding hydrogens is 239 g/mol. The van der Waals surface area contributed by atoms with Gasteiger partial charge >= 0.3 is 13.6 Å². The van der Waals surface area contributed by atoms with Gasteiger partial charge in [0.1, 0.15) is 0 Å². The monoisotopic (exact) mass is 262 g/mol. The van der Waals surface area contributed by atoms with Crippen molar-refractivity contribution in [3.8, 4) is 0 Å². The van der Waals surface area contributed by atoms with Crippen molar-refractivity contribution < 1.29 is 18.8 Å². The Morgan fingerprint density at radius 1 is 1.24 bits per heavy atom. The van der Waals surface area contributed by atoms with Gasteiger partial charge < -0.3 is 9.42 Å². The molecule has 5 heteroatoms. The lowest BCUT2D eigenvalue weighted by molar-refractivity contribution is -0.129. The van der Waals surface area contributed by atoms with Crippen LogP contribution < -0.4 is 0 Å². The molecule has 1 unspecified atom stereocenters. The van der Waals surface area contributed by atoms with Crippen LogP contribution in [0.25, 0.3) is 0 Å². The van der Waals surface area contributed by atoms with Crippen LogP contribution in [0.1, 0.15) is 51.9 Å². The zero-order valence-electron chi connectivity index (χ0n) is 10.6. The van der Waals surface area contributed by atoms with E-state index in [4.69, 9.17) is 0 Å². The van der Waals surface area contributed by atoms with Crippen LogP contribution in [0.3, 0.4) is 0 Å². The van der Waals surface area contributed by atoms with E-state index in [2.05, 4.69) is 18.0 Å². The average Bonchev–Trinajstić information content (AvgIpc) is 2.27. The topological polar surface area (TPSA) is 63.6 Å². The Bertz CT molecular complexity index is 276. The van der Waals surface area contributed by atoms with E-state index < -0.39 is 13.6 Å². The van der Waals surface area contributed by atoms with E-state index in [1.165, 1.54) is 19.3 Å². The van der Waals surface area contributed by atoms with Crippen LogP contribution in [0.15, 0.2) is 12.7 Å². The molecule has 0 rings (SSSR count). The molecule has 0 amide bonds. The molecule has 0 aromatic carbocycles. The van der Waals surface area contributed by atoms with Gasteiger partial charge in [-0.2, -0.15) is 0 Å². The average molecular weight is 262 g/mol. The summed E-state index contributed by atoms with van der Waals surface area (Å²) in [5.41, 5.74) is 0. The highest BCUT2D eigenvalue weighted by molar-refractivity contribution is 7.53. The Balaban J connectivity index is 3.55. The maximum absolute atomic E-state index is 11.4. The Labute approximate surface area is 104 Å². The van der Waals surface area contributed by atoms with Gasteiger partial charge in [-0.25, -0.2) is 9.36 Å². The van der Waals surface area contributed by atoms with Crippen molar-refractivity contribution in [1.82, 2.24) is 0 Å². The molecule has 0 heterocycles. The van der Waals surface area contributed by atoms with E-state index in [0.717, 1.165) is 25.3 Å². The fourth-order valence-electron chi connectivity index (χ4n) is 1.49. The minimum atomic E-state index is -3.75. The highest BCUT2D eigenvalue weighted by atomic mass is 31.2. The number of hydrogen-bond donors (Lipinski definition) is 1. The van der Waals surface area contributed by atoms with Crippen LogP contribution in [-0.4, -0.2) is 17.0 Å². The molecule has 17 heavy (non-hydrogen) atoms. The van der Waals surface area contributed by atoms with Crippen molar-refractivity contribution >= 4 is 13.6 Å². The molecule has 0 aromatic heterocycles. The van der Waals surface area contributed by atoms with E-state index in [9.17, 15) is 14.3 Å². The molecule has 0 bridgehead atoms. The standard InChI is InChI=1S/C12H23O4P/c1-3-5-6-7-8-9-10-11-17(14,15)16-12(13)4-2/h4H,2-3,5-11H2,1H3,(H,14,15). The number of hydrogen-bond acceptors (Lipinski definition) is 3. The smallest absolute Gasteiger partial charge is 0.378 e. The molecule has 1 N–H and O–H groups in total. The molecule has 0 saturated carbocycles. The van der Waals surface area contributed by atoms with Gasteiger partial charge in [-0.3, -0.25) is 0 Å². The van der Waals surface area contributed by atoms with Crippen molar-refractivity contribution in [2.75, 3.05) is 6.16 Å². The van der Waals surface area contributed by atoms with Crippen molar-refractivity contribution in [2.45, 2.75) is 51.9 Å². The first-order valence-electron chi connectivity index (χ1n) is 6.19. The lowest BCUT2D eigenvalue weighted by atomic mass is 10.1. The minimum Gasteiger partial charge on any atom is -0.388 e. The van der Waals surface area contributed by atoms with Crippen LogP contribution in [-0.2, 0) is 13.9 Å². The van der Waals surface area contributed by atoms with Gasteiger partial charge in [-0.15, -0.1) is 0 Å². The van der Waals surface area contributed by atoms with Gasteiger partial charge in [0.15, 0.2) is 0 Å². The molecule has 0 saturated heterocycles. The second-order valence-electron chi connectivity index (χ2n) is 4.10. The third kappa shape index (κ3) is 10.3. The van der Waals surface area contributed by atoms with E-state index in [1.807, 2.05) is 0 Å². The normalized spacial score (nSPS) is 14.0. The molecule has 0 aromatic rings. The highest BCUT2D eigenvalue weighted by Gasteiger charge is 2.21. The summed E-state index contributed by atoms with van der Waals surface area (Å²) >= 11 is 0. The van der Waals surface area contributed by atoms with Crippen molar-refractivity contribution in [3.63, 3.8) is 0 Å². The fraction of sp³-hybridized carbons (Fsp3) is 0.750. The number of rotatable bonds is 10. The SMILES string of the molecule is C=CC(=O)OP(=O)(O)CCCCCCCCC. The quantitative estimate of drug-likeness (QED) is 0.371. The lowest BCUT2D eigenvalue weighted by Crippen LogP contribution is -2.01. The van der Waals surface area contributed by atoms with Gasteiger partial charge in [0, 0.05) is 6.08 Å². The maximum Gasteiger partial charge on any atom is 0.378 e. The number of unbranched alkanes of at least 4 members (excludes halogenated alkanes) is 6. The van der Waals surface area contributed by atoms with Gasteiger partial charge in [-0.1, -0.05) is 52.0 Å². The fourth-order valence-corrected chi connectivity index (χ4v) is 2.56. The zero-order valence-corrected chi connectivity index (χ0v) is 11.5. The van der Waals surface area contributed by atoms with E-state index >= 15 is 0 Å². The summed E-state index contributed by atoms with van der Waals surface area (Å²) in [6, 6.07) is 0. The Morgan fingerprint density at radius 2 is 1.76 bits per heavy atom. The largest absolute Gasteiger partial charge is 0.388 e. The Morgan fingerprint density at radius 3 is 2.29 bits per heavy atom. The van der Waals surface area contributed by atoms with Gasteiger partial charge in [0.05, 0.1) is 6.16 Å². The molecule has 0 aliphatic heterocycles. The molecule has 100 valence electrons. The maximum atomic E-state index is 11.4. The highest BCUT2D eigenvalue weighted by Crippen LogP contribution is 2.43. The molecular formula is C12H23O4P. The molecule has 0 spiro atoms. The first-order chi connectivity index (χ1) is 8.02. The molecule has 0 aliphatic rings. The first kappa shape index (κ1) is 16.4. The molecule has 0 radical (unpaired) electrons. The summed E-state index contributed by atoms with van der Waals surface area (Å²) < 4.78 is 15.8. The molecule has 1 atom stereocenters. The zero-order chi connectivity index (χ0) is 13.1. The summed E-state index contributed by atoms with van der Waals surface area (Å²) in [6.45, 7) is 5.34. The molecule has 0 aliphatic carbocycles. The summed E-state index contributed by atoms with van der Waals surface area (Å²) in [5, 5.41) is 0. The number of carbonyl (C=O) groups is 1. The van der Waals surface area contributed by atoms with Crippen molar-refractivity contribution in [1.29, 1.82) is 0 Å². The Kier molecular flexibility index (Phi) is 9.10. The summed E-state index contributed by atoms with van der Waals surface area (Å²) in [4.78, 5) is 20.1. The Hall–Kier alpha value is -0.600. The third-order valence-corrected chi connectivity index (χ3v) is 3.79. The van der Waals surface area contributed by atoms with E-state index in [-0.39, 0.29) is 6.16 Å².